The summed E-state index contributed by atoms with van der Waals surface area (Å²) in [5.74, 6) is 2.36. The zero-order valence-corrected chi connectivity index (χ0v) is 25.4. The lowest BCUT2D eigenvalue weighted by molar-refractivity contribution is 0.414. The quantitative estimate of drug-likeness (QED) is 0.183. The van der Waals surface area contributed by atoms with Crippen LogP contribution in [0.5, 0.6) is 5.75 Å². The smallest absolute Gasteiger partial charge is 0.134 e. The van der Waals surface area contributed by atoms with E-state index in [2.05, 4.69) is 90.7 Å². The van der Waals surface area contributed by atoms with Crippen molar-refractivity contribution in [3.8, 4) is 5.75 Å². The van der Waals surface area contributed by atoms with Crippen LogP contribution in [-0.4, -0.2) is 17.1 Å². The fourth-order valence-electron chi connectivity index (χ4n) is 4.94. The number of nitrogens with zero attached hydrogens (tertiary/aromatic N) is 2. The molecular weight excluding hydrogens is 640 g/mol. The fraction of sp³-hybridized carbons (Fsp3) is 0.0588. The Morgan fingerprint density at radius 1 is 0.634 bits per heavy atom. The number of nitrogens with one attached hydrogen (secondary N) is 1. The second-order valence-electron chi connectivity index (χ2n) is 9.57. The molecule has 0 aliphatic rings. The number of nitrogen functional groups attached to an aromatic ring is 1. The second-order valence-corrected chi connectivity index (χ2v) is 11.4. The van der Waals surface area contributed by atoms with Crippen molar-refractivity contribution in [1.82, 2.24) is 9.97 Å². The summed E-state index contributed by atoms with van der Waals surface area (Å²) in [4.78, 5) is 9.24. The van der Waals surface area contributed by atoms with Crippen LogP contribution in [0.2, 0.25) is 0 Å². The molecule has 0 bridgehead atoms. The maximum Gasteiger partial charge on any atom is 0.134 e. The Labute approximate surface area is 254 Å². The minimum absolute atomic E-state index is 0.588. The lowest BCUT2D eigenvalue weighted by atomic mass is 10.1. The molecule has 0 unspecified atom stereocenters. The Hall–Kier alpha value is -4.20. The van der Waals surface area contributed by atoms with Gasteiger partial charge in [-0.05, 0) is 64.9 Å². The average molecular weight is 666 g/mol. The van der Waals surface area contributed by atoms with Crippen molar-refractivity contribution in [3.63, 3.8) is 0 Å². The first-order valence-corrected chi connectivity index (χ1v) is 14.7. The van der Waals surface area contributed by atoms with Crippen molar-refractivity contribution < 1.29 is 4.74 Å². The van der Waals surface area contributed by atoms with E-state index in [-0.39, 0.29) is 0 Å². The zero-order chi connectivity index (χ0) is 28.3. The second kappa shape index (κ2) is 11.7. The number of rotatable bonds is 4. The van der Waals surface area contributed by atoms with Gasteiger partial charge in [-0.15, -0.1) is 0 Å². The van der Waals surface area contributed by atoms with Gasteiger partial charge in [-0.1, -0.05) is 92.5 Å². The molecule has 0 saturated heterocycles. The molecule has 0 spiro atoms. The zero-order valence-electron chi connectivity index (χ0n) is 22.2. The highest BCUT2D eigenvalue weighted by atomic mass is 79.9. The summed E-state index contributed by atoms with van der Waals surface area (Å²) in [6, 6.07) is 36.7. The molecule has 7 rings (SSSR count). The number of anilines is 2. The molecule has 202 valence electrons. The molecule has 7 aromatic rings. The molecule has 0 amide bonds. The highest BCUT2D eigenvalue weighted by molar-refractivity contribution is 9.10. The van der Waals surface area contributed by atoms with E-state index in [1.807, 2.05) is 60.7 Å². The lowest BCUT2D eigenvalue weighted by Crippen LogP contribution is -2.02. The van der Waals surface area contributed by atoms with Crippen molar-refractivity contribution in [2.45, 2.75) is 6.54 Å². The van der Waals surface area contributed by atoms with Crippen LogP contribution in [0.1, 0.15) is 5.56 Å². The number of aromatic nitrogens is 2. The molecular formula is C34H26Br2N4O. The standard InChI is InChI=1S/C21H17BrN2O.C13H9BrN2/c1-25-16-9-6-14(7-10-16)13-23-21-18-5-3-2-4-17(18)19-12-15(22)8-11-20(19)24-21;14-8-5-6-12-11(7-8)9-3-1-2-4-10(9)13(15)16-12/h2-12H,13H2,1H3,(H,23,24);1-7H,(H2,15,16). The average Bonchev–Trinajstić information content (AvgIpc) is 3.01. The van der Waals surface area contributed by atoms with Crippen LogP contribution in [0.4, 0.5) is 11.6 Å². The molecule has 0 saturated carbocycles. The number of hydrogen-bond acceptors (Lipinski definition) is 5. The molecule has 0 aliphatic carbocycles. The predicted octanol–water partition coefficient (Wildman–Crippen LogP) is 9.50. The molecule has 41 heavy (non-hydrogen) atoms. The number of halogens is 2. The number of ether oxygens (including phenoxy) is 1. The van der Waals surface area contributed by atoms with Crippen molar-refractivity contribution in [2.75, 3.05) is 18.2 Å². The highest BCUT2D eigenvalue weighted by Gasteiger charge is 2.09. The van der Waals surface area contributed by atoms with Gasteiger partial charge in [0.25, 0.3) is 0 Å². The summed E-state index contributed by atoms with van der Waals surface area (Å²) in [7, 11) is 1.68. The van der Waals surface area contributed by atoms with Crippen molar-refractivity contribution in [1.29, 1.82) is 0 Å². The van der Waals surface area contributed by atoms with Gasteiger partial charge in [0.1, 0.15) is 17.4 Å². The first kappa shape index (κ1) is 27.0. The molecule has 5 aromatic carbocycles. The summed E-state index contributed by atoms with van der Waals surface area (Å²) >= 11 is 7.03. The van der Waals surface area contributed by atoms with E-state index in [1.165, 1.54) is 10.9 Å². The number of pyridine rings is 2. The van der Waals surface area contributed by atoms with Gasteiger partial charge in [0, 0.05) is 37.0 Å². The minimum atomic E-state index is 0.588. The summed E-state index contributed by atoms with van der Waals surface area (Å²) in [6.45, 7) is 0.711. The van der Waals surface area contributed by atoms with E-state index in [0.717, 1.165) is 58.5 Å². The SMILES string of the molecule is COc1ccc(CNc2nc3ccc(Br)cc3c3ccccc23)cc1.Nc1nc2ccc(Br)cc2c2ccccc12. The number of methoxy groups -OCH3 is 1. The van der Waals surface area contributed by atoms with E-state index in [1.54, 1.807) is 7.11 Å². The van der Waals surface area contributed by atoms with Crippen LogP contribution < -0.4 is 15.8 Å². The molecule has 0 fully saturated rings. The Morgan fingerprint density at radius 2 is 1.17 bits per heavy atom. The third-order valence-electron chi connectivity index (χ3n) is 6.97. The molecule has 7 heteroatoms. The van der Waals surface area contributed by atoms with Crippen molar-refractivity contribution >= 4 is 86.8 Å². The van der Waals surface area contributed by atoms with Gasteiger partial charge < -0.3 is 15.8 Å². The van der Waals surface area contributed by atoms with Crippen molar-refractivity contribution in [3.05, 3.63) is 124 Å². The normalized spacial score (nSPS) is 11.0. The molecule has 0 radical (unpaired) electrons. The first-order valence-electron chi connectivity index (χ1n) is 13.1. The fourth-order valence-corrected chi connectivity index (χ4v) is 5.67. The third-order valence-corrected chi connectivity index (χ3v) is 7.96. The topological polar surface area (TPSA) is 73.1 Å². The Bertz CT molecular complexity index is 2030. The van der Waals surface area contributed by atoms with Gasteiger partial charge in [0.05, 0.1) is 18.1 Å². The molecule has 3 N–H and O–H groups in total. The molecule has 0 atom stereocenters. The van der Waals surface area contributed by atoms with Crippen LogP contribution in [0.3, 0.4) is 0 Å². The van der Waals surface area contributed by atoms with Crippen LogP contribution in [0, 0.1) is 0 Å². The summed E-state index contributed by atoms with van der Waals surface area (Å²) in [5, 5.41) is 10.2. The van der Waals surface area contributed by atoms with Crippen LogP contribution in [0.15, 0.2) is 118 Å². The molecule has 0 aliphatic heterocycles. The van der Waals surface area contributed by atoms with E-state index in [0.29, 0.717) is 12.4 Å². The van der Waals surface area contributed by atoms with Crippen LogP contribution >= 0.6 is 31.9 Å². The lowest BCUT2D eigenvalue weighted by Gasteiger charge is -2.12. The van der Waals surface area contributed by atoms with Gasteiger partial charge in [0.2, 0.25) is 0 Å². The number of nitrogens with two attached hydrogens (primary N) is 1. The minimum Gasteiger partial charge on any atom is -0.497 e. The molecule has 2 aromatic heterocycles. The Morgan fingerprint density at radius 3 is 1.78 bits per heavy atom. The monoisotopic (exact) mass is 664 g/mol. The van der Waals surface area contributed by atoms with E-state index in [9.17, 15) is 0 Å². The van der Waals surface area contributed by atoms with E-state index < -0.39 is 0 Å². The van der Waals surface area contributed by atoms with Gasteiger partial charge in [0.15, 0.2) is 0 Å². The molecule has 5 nitrogen and oxygen atoms in total. The van der Waals surface area contributed by atoms with Crippen LogP contribution in [-0.2, 0) is 6.54 Å². The van der Waals surface area contributed by atoms with Gasteiger partial charge in [-0.3, -0.25) is 0 Å². The Balaban J connectivity index is 0.000000162. The van der Waals surface area contributed by atoms with E-state index >= 15 is 0 Å². The van der Waals surface area contributed by atoms with Gasteiger partial charge in [-0.2, -0.15) is 0 Å². The number of hydrogen-bond donors (Lipinski definition) is 2. The highest BCUT2D eigenvalue weighted by Crippen LogP contribution is 2.32. The van der Waals surface area contributed by atoms with Gasteiger partial charge >= 0.3 is 0 Å². The maximum absolute atomic E-state index is 5.94. The number of fused-ring (bicyclic) bond motifs is 6. The van der Waals surface area contributed by atoms with E-state index in [4.69, 9.17) is 15.5 Å². The predicted molar refractivity (Wildman–Crippen MR) is 179 cm³/mol. The Kier molecular flexibility index (Phi) is 7.72. The summed E-state index contributed by atoms with van der Waals surface area (Å²) in [6.07, 6.45) is 0. The number of benzene rings is 5. The van der Waals surface area contributed by atoms with Crippen LogP contribution in [0.25, 0.3) is 43.4 Å². The largest absolute Gasteiger partial charge is 0.497 e. The first-order chi connectivity index (χ1) is 20.0. The van der Waals surface area contributed by atoms with Crippen molar-refractivity contribution in [2.24, 2.45) is 0 Å². The third kappa shape index (κ3) is 5.69. The summed E-state index contributed by atoms with van der Waals surface area (Å²) < 4.78 is 7.32. The van der Waals surface area contributed by atoms with Gasteiger partial charge in [-0.25, -0.2) is 9.97 Å². The maximum atomic E-state index is 5.94. The molecule has 2 heterocycles. The summed E-state index contributed by atoms with van der Waals surface area (Å²) in [5.41, 5.74) is 9.04.